The van der Waals surface area contributed by atoms with Crippen LogP contribution in [0.4, 0.5) is 11.4 Å². The number of hydrogen-bond acceptors (Lipinski definition) is 8. The van der Waals surface area contributed by atoms with Crippen LogP contribution in [0.25, 0.3) is 28.0 Å². The average Bonchev–Trinajstić information content (AvgIpc) is 3.55. The fourth-order valence-electron chi connectivity index (χ4n) is 3.98. The number of H-pyrrole nitrogens is 1. The lowest BCUT2D eigenvalue weighted by Gasteiger charge is -2.15. The van der Waals surface area contributed by atoms with Gasteiger partial charge in [-0.25, -0.2) is 0 Å². The van der Waals surface area contributed by atoms with E-state index in [1.807, 2.05) is 41.1 Å². The van der Waals surface area contributed by atoms with Gasteiger partial charge in [-0.3, -0.25) is 19.5 Å². The van der Waals surface area contributed by atoms with Crippen molar-refractivity contribution in [2.75, 3.05) is 25.3 Å². The van der Waals surface area contributed by atoms with Gasteiger partial charge in [0.05, 0.1) is 30.6 Å². The van der Waals surface area contributed by atoms with Crippen molar-refractivity contribution in [1.82, 2.24) is 19.7 Å². The number of carbonyl (C=O) groups is 1. The molecule has 0 unspecified atom stereocenters. The first-order chi connectivity index (χ1) is 18.5. The summed E-state index contributed by atoms with van der Waals surface area (Å²) in [6, 6.07) is 18.9. The van der Waals surface area contributed by atoms with Gasteiger partial charge >= 0.3 is 0 Å². The van der Waals surface area contributed by atoms with Crippen LogP contribution in [-0.4, -0.2) is 50.6 Å². The first kappa shape index (κ1) is 24.8. The Balaban J connectivity index is 1.49. The zero-order chi connectivity index (χ0) is 26.6. The van der Waals surface area contributed by atoms with Gasteiger partial charge in [-0.05, 0) is 30.3 Å². The first-order valence-electron chi connectivity index (χ1n) is 11.4. The van der Waals surface area contributed by atoms with Crippen molar-refractivity contribution in [3.63, 3.8) is 0 Å². The van der Waals surface area contributed by atoms with E-state index in [1.165, 1.54) is 36.0 Å². The van der Waals surface area contributed by atoms with Crippen LogP contribution in [0.2, 0.25) is 0 Å². The molecule has 0 bridgehead atoms. The molecule has 0 spiro atoms. The second-order valence-corrected chi connectivity index (χ2v) is 9.01. The van der Waals surface area contributed by atoms with Crippen LogP contribution in [0.5, 0.6) is 11.5 Å². The Kier molecular flexibility index (Phi) is 6.96. The van der Waals surface area contributed by atoms with Crippen molar-refractivity contribution >= 4 is 39.9 Å². The van der Waals surface area contributed by atoms with E-state index in [0.717, 1.165) is 16.5 Å². The lowest BCUT2D eigenvalue weighted by atomic mass is 10.1. The smallest absolute Gasteiger partial charge is 0.269 e. The molecule has 0 aliphatic carbocycles. The minimum absolute atomic E-state index is 0.0231. The monoisotopic (exact) mass is 530 g/mol. The Hall–Kier alpha value is -4.84. The number of para-hydroxylation sites is 1. The number of rotatable bonds is 9. The highest BCUT2D eigenvalue weighted by Crippen LogP contribution is 2.37. The molecule has 12 heteroatoms. The molecule has 0 saturated heterocycles. The molecule has 2 heterocycles. The minimum Gasteiger partial charge on any atom is -0.497 e. The summed E-state index contributed by atoms with van der Waals surface area (Å²) in [5, 5.41) is 23.9. The number of amides is 1. The van der Waals surface area contributed by atoms with Gasteiger partial charge in [-0.2, -0.15) is 0 Å². The van der Waals surface area contributed by atoms with Crippen LogP contribution < -0.4 is 14.8 Å². The summed E-state index contributed by atoms with van der Waals surface area (Å²) in [7, 11) is 3.15. The Morgan fingerprint density at radius 3 is 2.61 bits per heavy atom. The Morgan fingerprint density at radius 1 is 1.08 bits per heavy atom. The number of benzene rings is 3. The minimum atomic E-state index is -0.494. The largest absolute Gasteiger partial charge is 0.497 e. The zero-order valence-corrected chi connectivity index (χ0v) is 21.2. The van der Waals surface area contributed by atoms with Crippen LogP contribution in [0.3, 0.4) is 0 Å². The summed E-state index contributed by atoms with van der Waals surface area (Å²) in [6.45, 7) is 0. The molecule has 0 radical (unpaired) electrons. The van der Waals surface area contributed by atoms with E-state index in [2.05, 4.69) is 20.5 Å². The number of nitro benzene ring substituents is 1. The second-order valence-electron chi connectivity index (χ2n) is 8.07. The van der Waals surface area contributed by atoms with E-state index in [0.29, 0.717) is 33.9 Å². The number of nitro groups is 1. The predicted molar refractivity (Wildman–Crippen MR) is 144 cm³/mol. The van der Waals surface area contributed by atoms with Crippen LogP contribution in [0, 0.1) is 10.1 Å². The fourth-order valence-corrected chi connectivity index (χ4v) is 4.72. The number of non-ortho nitro benzene ring substituents is 1. The van der Waals surface area contributed by atoms with Crippen LogP contribution in [-0.2, 0) is 4.79 Å². The van der Waals surface area contributed by atoms with Crippen molar-refractivity contribution in [3.8, 4) is 28.6 Å². The molecule has 11 nitrogen and oxygen atoms in total. The molecule has 0 fully saturated rings. The van der Waals surface area contributed by atoms with Crippen molar-refractivity contribution in [1.29, 1.82) is 0 Å². The SMILES string of the molecule is COc1ccc(OC)c(-n2c(SCC(=O)Nc3ccc([N+](=O)[O-])cc3)nnc2-c2c[nH]c3ccccc23)c1. The van der Waals surface area contributed by atoms with Gasteiger partial charge < -0.3 is 19.8 Å². The lowest BCUT2D eigenvalue weighted by Crippen LogP contribution is -2.14. The quantitative estimate of drug-likeness (QED) is 0.153. The Morgan fingerprint density at radius 2 is 1.87 bits per heavy atom. The van der Waals surface area contributed by atoms with Gasteiger partial charge in [-0.1, -0.05) is 30.0 Å². The molecule has 0 atom stereocenters. The molecule has 1 amide bonds. The number of thioether (sulfide) groups is 1. The molecule has 2 N–H and O–H groups in total. The van der Waals surface area contributed by atoms with Crippen molar-refractivity contribution < 1.29 is 19.2 Å². The maximum atomic E-state index is 12.7. The van der Waals surface area contributed by atoms with Gasteiger partial charge in [0.25, 0.3) is 5.69 Å². The van der Waals surface area contributed by atoms with Gasteiger partial charge in [0.15, 0.2) is 11.0 Å². The summed E-state index contributed by atoms with van der Waals surface area (Å²) < 4.78 is 12.9. The van der Waals surface area contributed by atoms with E-state index in [1.54, 1.807) is 26.4 Å². The summed E-state index contributed by atoms with van der Waals surface area (Å²) in [5.41, 5.74) is 2.83. The number of aromatic amines is 1. The maximum Gasteiger partial charge on any atom is 0.269 e. The number of nitrogens with zero attached hydrogens (tertiary/aromatic N) is 4. The summed E-state index contributed by atoms with van der Waals surface area (Å²) in [4.78, 5) is 26.4. The molecule has 0 aliphatic heterocycles. The van der Waals surface area contributed by atoms with Gasteiger partial charge in [0.2, 0.25) is 5.91 Å². The van der Waals surface area contributed by atoms with E-state index >= 15 is 0 Å². The van der Waals surface area contributed by atoms with E-state index in [9.17, 15) is 14.9 Å². The number of nitrogens with one attached hydrogen (secondary N) is 2. The average molecular weight is 531 g/mol. The molecule has 5 aromatic rings. The highest BCUT2D eigenvalue weighted by molar-refractivity contribution is 7.99. The Labute approximate surface area is 220 Å². The standard InChI is InChI=1S/C26H22N6O5S/c1-36-18-11-12-23(37-2)22(13-18)31-25(20-14-27-21-6-4-3-5-19(20)21)29-30-26(31)38-15-24(33)28-16-7-9-17(10-8-16)32(34)35/h3-14,27H,15H2,1-2H3,(H,28,33). The van der Waals surface area contributed by atoms with Gasteiger partial charge in [-0.15, -0.1) is 10.2 Å². The first-order valence-corrected chi connectivity index (χ1v) is 12.4. The van der Waals surface area contributed by atoms with Crippen molar-refractivity contribution in [2.24, 2.45) is 0 Å². The topological polar surface area (TPSA) is 137 Å². The normalized spacial score (nSPS) is 10.9. The third kappa shape index (κ3) is 4.89. The molecule has 0 aliphatic rings. The summed E-state index contributed by atoms with van der Waals surface area (Å²) >= 11 is 1.20. The lowest BCUT2D eigenvalue weighted by molar-refractivity contribution is -0.384. The van der Waals surface area contributed by atoms with E-state index < -0.39 is 4.92 Å². The fraction of sp³-hybridized carbons (Fsp3) is 0.115. The molecule has 5 rings (SSSR count). The van der Waals surface area contributed by atoms with E-state index in [-0.39, 0.29) is 17.3 Å². The number of aromatic nitrogens is 4. The molecular weight excluding hydrogens is 508 g/mol. The summed E-state index contributed by atoms with van der Waals surface area (Å²) in [6.07, 6.45) is 1.87. The molecular formula is C26H22N6O5S. The number of fused-ring (bicyclic) bond motifs is 1. The molecule has 38 heavy (non-hydrogen) atoms. The molecule has 192 valence electrons. The number of methoxy groups -OCH3 is 2. The highest BCUT2D eigenvalue weighted by Gasteiger charge is 2.22. The second kappa shape index (κ2) is 10.6. The van der Waals surface area contributed by atoms with Gasteiger partial charge in [0, 0.05) is 46.5 Å². The third-order valence-corrected chi connectivity index (χ3v) is 6.71. The van der Waals surface area contributed by atoms with Crippen molar-refractivity contribution in [2.45, 2.75) is 5.16 Å². The van der Waals surface area contributed by atoms with Crippen LogP contribution in [0.1, 0.15) is 0 Å². The summed E-state index contributed by atoms with van der Waals surface area (Å²) in [5.74, 6) is 1.47. The van der Waals surface area contributed by atoms with Gasteiger partial charge in [0.1, 0.15) is 11.5 Å². The zero-order valence-electron chi connectivity index (χ0n) is 20.4. The number of hydrogen-bond donors (Lipinski definition) is 2. The number of carbonyl (C=O) groups excluding carboxylic acids is 1. The Bertz CT molecular complexity index is 1630. The molecule has 2 aromatic heterocycles. The highest BCUT2D eigenvalue weighted by atomic mass is 32.2. The molecule has 3 aromatic carbocycles. The van der Waals surface area contributed by atoms with Crippen LogP contribution >= 0.6 is 11.8 Å². The predicted octanol–water partition coefficient (Wildman–Crippen LogP) is 5.07. The van der Waals surface area contributed by atoms with Crippen LogP contribution in [0.15, 0.2) is 78.1 Å². The molecule has 0 saturated carbocycles. The van der Waals surface area contributed by atoms with Crippen molar-refractivity contribution in [3.05, 3.63) is 83.0 Å². The van der Waals surface area contributed by atoms with E-state index in [4.69, 9.17) is 9.47 Å². The number of ether oxygens (including phenoxy) is 2. The number of anilines is 1. The third-order valence-electron chi connectivity index (χ3n) is 5.78. The maximum absolute atomic E-state index is 12.7.